The highest BCUT2D eigenvalue weighted by Gasteiger charge is 2.29. The molecule has 3 nitrogen and oxygen atoms in total. The van der Waals surface area contributed by atoms with Crippen molar-refractivity contribution in [1.29, 1.82) is 0 Å². The minimum absolute atomic E-state index is 0.160. The summed E-state index contributed by atoms with van der Waals surface area (Å²) < 4.78 is 18.0. The van der Waals surface area contributed by atoms with Crippen LogP contribution in [0, 0.1) is 10.8 Å². The van der Waals surface area contributed by atoms with Gasteiger partial charge in [-0.05, 0) is 38.0 Å². The standard InChI is InChI=1S/C14H28FNO2.C2H6/c1-12(2,3)18-11(17)16-10-14(6,7)8-13(4,5)9-15;1-2/h8-10H2,1-7H3,(H,16,17);1-2H3. The first-order valence-electron chi connectivity index (χ1n) is 7.40. The normalized spacial score (nSPS) is 12.3. The average Bonchev–Trinajstić information content (AvgIpc) is 2.26. The highest BCUT2D eigenvalue weighted by molar-refractivity contribution is 5.67. The molecule has 0 rings (SSSR count). The molecular weight excluding hydrogens is 257 g/mol. The molecule has 0 aromatic carbocycles. The number of hydrogen-bond donors (Lipinski definition) is 1. The fourth-order valence-electron chi connectivity index (χ4n) is 2.03. The van der Waals surface area contributed by atoms with E-state index in [9.17, 15) is 9.18 Å². The molecule has 0 fully saturated rings. The number of hydrogen-bond acceptors (Lipinski definition) is 2. The van der Waals surface area contributed by atoms with Gasteiger partial charge in [-0.15, -0.1) is 0 Å². The van der Waals surface area contributed by atoms with Gasteiger partial charge < -0.3 is 10.1 Å². The molecule has 0 aliphatic rings. The lowest BCUT2D eigenvalue weighted by atomic mass is 9.76. The van der Waals surface area contributed by atoms with E-state index >= 15 is 0 Å². The number of carbonyl (C=O) groups is 1. The number of carbonyl (C=O) groups excluding carboxylic acids is 1. The van der Waals surface area contributed by atoms with Crippen molar-refractivity contribution in [2.75, 3.05) is 13.2 Å². The van der Waals surface area contributed by atoms with E-state index in [1.165, 1.54) is 0 Å². The van der Waals surface area contributed by atoms with Crippen LogP contribution >= 0.6 is 0 Å². The van der Waals surface area contributed by atoms with Gasteiger partial charge in [0.05, 0.1) is 6.67 Å². The molecule has 0 aliphatic carbocycles. The zero-order chi connectivity index (χ0) is 16.6. The Morgan fingerprint density at radius 1 is 1.00 bits per heavy atom. The molecule has 0 bridgehead atoms. The predicted molar refractivity (Wildman–Crippen MR) is 83.7 cm³/mol. The van der Waals surface area contributed by atoms with Crippen molar-refractivity contribution in [3.8, 4) is 0 Å². The molecule has 1 amide bonds. The number of rotatable bonds is 5. The van der Waals surface area contributed by atoms with Crippen LogP contribution in [-0.2, 0) is 4.74 Å². The largest absolute Gasteiger partial charge is 0.444 e. The van der Waals surface area contributed by atoms with Crippen LogP contribution in [0.5, 0.6) is 0 Å². The van der Waals surface area contributed by atoms with Crippen LogP contribution in [0.25, 0.3) is 0 Å². The van der Waals surface area contributed by atoms with Gasteiger partial charge in [0, 0.05) is 6.54 Å². The summed E-state index contributed by atoms with van der Waals surface area (Å²) in [4.78, 5) is 11.5. The zero-order valence-corrected chi connectivity index (χ0v) is 14.8. The van der Waals surface area contributed by atoms with Crippen LogP contribution in [0.4, 0.5) is 9.18 Å². The number of ether oxygens (including phenoxy) is 1. The average molecular weight is 291 g/mol. The topological polar surface area (TPSA) is 38.3 Å². The Bertz CT molecular complexity index is 281. The lowest BCUT2D eigenvalue weighted by molar-refractivity contribution is 0.0489. The fraction of sp³-hybridized carbons (Fsp3) is 0.938. The highest BCUT2D eigenvalue weighted by Crippen LogP contribution is 2.33. The van der Waals surface area contributed by atoms with Crippen molar-refractivity contribution in [1.82, 2.24) is 5.32 Å². The third kappa shape index (κ3) is 12.2. The maximum absolute atomic E-state index is 12.8. The summed E-state index contributed by atoms with van der Waals surface area (Å²) in [6.45, 7) is 17.4. The van der Waals surface area contributed by atoms with E-state index in [0.29, 0.717) is 13.0 Å². The van der Waals surface area contributed by atoms with E-state index in [1.54, 1.807) is 0 Å². The molecule has 0 saturated carbocycles. The van der Waals surface area contributed by atoms with Gasteiger partial charge >= 0.3 is 6.09 Å². The van der Waals surface area contributed by atoms with Crippen LogP contribution in [0.15, 0.2) is 0 Å². The van der Waals surface area contributed by atoms with Gasteiger partial charge in [0.15, 0.2) is 0 Å². The van der Waals surface area contributed by atoms with Gasteiger partial charge in [0.1, 0.15) is 5.60 Å². The van der Waals surface area contributed by atoms with Gasteiger partial charge in [0.2, 0.25) is 0 Å². The molecule has 4 heteroatoms. The predicted octanol–water partition coefficient (Wildman–Crippen LogP) is 4.95. The van der Waals surface area contributed by atoms with Gasteiger partial charge in [-0.1, -0.05) is 41.5 Å². The lowest BCUT2D eigenvalue weighted by Gasteiger charge is -2.33. The number of halogens is 1. The molecular formula is C16H34FNO2. The van der Waals surface area contributed by atoms with Crippen molar-refractivity contribution in [2.45, 2.75) is 74.3 Å². The highest BCUT2D eigenvalue weighted by atomic mass is 19.1. The number of alkyl halides is 1. The molecule has 0 aromatic rings. The van der Waals surface area contributed by atoms with E-state index in [-0.39, 0.29) is 17.5 Å². The second kappa shape index (κ2) is 8.48. The fourth-order valence-corrected chi connectivity index (χ4v) is 2.03. The molecule has 0 radical (unpaired) electrons. The molecule has 0 aromatic heterocycles. The molecule has 20 heavy (non-hydrogen) atoms. The Balaban J connectivity index is 0. The molecule has 0 atom stereocenters. The summed E-state index contributed by atoms with van der Waals surface area (Å²) in [7, 11) is 0. The van der Waals surface area contributed by atoms with Crippen molar-refractivity contribution in [2.24, 2.45) is 10.8 Å². The summed E-state index contributed by atoms with van der Waals surface area (Å²) in [5, 5.41) is 2.74. The van der Waals surface area contributed by atoms with Crippen LogP contribution in [0.3, 0.4) is 0 Å². The van der Waals surface area contributed by atoms with Gasteiger partial charge in [-0.2, -0.15) is 0 Å². The van der Waals surface area contributed by atoms with Gasteiger partial charge in [-0.25, -0.2) is 4.79 Å². The Labute approximate surface area is 124 Å². The van der Waals surface area contributed by atoms with Crippen LogP contribution < -0.4 is 5.32 Å². The first-order valence-corrected chi connectivity index (χ1v) is 7.40. The Morgan fingerprint density at radius 3 is 1.80 bits per heavy atom. The molecule has 0 heterocycles. The first-order chi connectivity index (χ1) is 8.87. The maximum atomic E-state index is 12.8. The smallest absolute Gasteiger partial charge is 0.407 e. The van der Waals surface area contributed by atoms with E-state index in [0.717, 1.165) is 0 Å². The molecule has 0 aliphatic heterocycles. The maximum Gasteiger partial charge on any atom is 0.407 e. The second-order valence-electron chi connectivity index (χ2n) is 7.49. The molecule has 0 spiro atoms. The van der Waals surface area contributed by atoms with E-state index in [2.05, 4.69) is 5.32 Å². The Morgan fingerprint density at radius 2 is 1.45 bits per heavy atom. The van der Waals surface area contributed by atoms with Crippen LogP contribution in [-0.4, -0.2) is 24.9 Å². The Hall–Kier alpha value is -0.800. The number of nitrogens with one attached hydrogen (secondary N) is 1. The summed E-state index contributed by atoms with van der Waals surface area (Å²) in [5.41, 5.74) is -1.02. The monoisotopic (exact) mass is 291 g/mol. The molecule has 0 unspecified atom stereocenters. The minimum Gasteiger partial charge on any atom is -0.444 e. The van der Waals surface area contributed by atoms with E-state index < -0.39 is 11.7 Å². The number of alkyl carbamates (subject to hydrolysis) is 1. The van der Waals surface area contributed by atoms with E-state index in [4.69, 9.17) is 4.74 Å². The van der Waals surface area contributed by atoms with Gasteiger partial charge in [-0.3, -0.25) is 4.39 Å². The van der Waals surface area contributed by atoms with Crippen molar-refractivity contribution in [3.63, 3.8) is 0 Å². The molecule has 1 N–H and O–H groups in total. The third-order valence-electron chi connectivity index (χ3n) is 2.43. The molecule has 0 saturated heterocycles. The Kier molecular flexibility index (Phi) is 9.11. The minimum atomic E-state index is -0.494. The summed E-state index contributed by atoms with van der Waals surface area (Å²) in [5.74, 6) is 0. The van der Waals surface area contributed by atoms with Crippen molar-refractivity contribution in [3.05, 3.63) is 0 Å². The van der Waals surface area contributed by atoms with Crippen molar-refractivity contribution < 1.29 is 13.9 Å². The second-order valence-corrected chi connectivity index (χ2v) is 7.49. The van der Waals surface area contributed by atoms with Gasteiger partial charge in [0.25, 0.3) is 0 Å². The SMILES string of the molecule is CC.CC(C)(CF)CC(C)(C)CNC(=O)OC(C)(C)C. The third-order valence-corrected chi connectivity index (χ3v) is 2.43. The van der Waals surface area contributed by atoms with Crippen LogP contribution in [0.1, 0.15) is 68.7 Å². The van der Waals surface area contributed by atoms with Crippen molar-refractivity contribution >= 4 is 6.09 Å². The van der Waals surface area contributed by atoms with Crippen LogP contribution in [0.2, 0.25) is 0 Å². The lowest BCUT2D eigenvalue weighted by Crippen LogP contribution is -2.39. The zero-order valence-electron chi connectivity index (χ0n) is 14.8. The number of amides is 1. The summed E-state index contributed by atoms with van der Waals surface area (Å²) >= 11 is 0. The summed E-state index contributed by atoms with van der Waals surface area (Å²) in [6.07, 6.45) is 0.278. The quantitative estimate of drug-likeness (QED) is 0.778. The summed E-state index contributed by atoms with van der Waals surface area (Å²) in [6, 6.07) is 0. The van der Waals surface area contributed by atoms with E-state index in [1.807, 2.05) is 62.3 Å². The molecule has 122 valence electrons. The first kappa shape index (κ1) is 21.5.